The molecule has 0 bridgehead atoms. The van der Waals surface area contributed by atoms with Crippen LogP contribution in [0.1, 0.15) is 30.1 Å². The number of carbonyl (C=O) groups excluding carboxylic acids is 1. The summed E-state index contributed by atoms with van der Waals surface area (Å²) in [7, 11) is 0. The van der Waals surface area contributed by atoms with E-state index in [1.807, 2.05) is 47.4 Å². The van der Waals surface area contributed by atoms with Crippen LogP contribution in [0.15, 0.2) is 64.2 Å². The molecule has 0 aliphatic carbocycles. The standard InChI is InChI=1S/C21H20ClN3O2S/c22-17-11-7-10-16(14-17)19-23-24-21(27-19)28-18(15-8-3-1-4-9-15)20(26)25-12-5-2-6-13-25/h1,3-4,7-11,14,18H,2,5-6,12-13H2/t18-/m1/s1. The molecule has 1 aliphatic rings. The highest BCUT2D eigenvalue weighted by Crippen LogP contribution is 2.37. The lowest BCUT2D eigenvalue weighted by Gasteiger charge is -2.29. The van der Waals surface area contributed by atoms with Crippen molar-refractivity contribution in [3.63, 3.8) is 0 Å². The number of hydrogen-bond donors (Lipinski definition) is 0. The number of piperidine rings is 1. The molecule has 28 heavy (non-hydrogen) atoms. The molecule has 2 aromatic carbocycles. The molecule has 0 saturated carbocycles. The SMILES string of the molecule is O=C([C@H](Sc1nnc(-c2cccc(Cl)c2)o1)c1ccccc1)N1CCCCC1. The molecule has 7 heteroatoms. The quantitative estimate of drug-likeness (QED) is 0.535. The van der Waals surface area contributed by atoms with Crippen LogP contribution in [0.4, 0.5) is 0 Å². The average molecular weight is 414 g/mol. The first-order valence-electron chi connectivity index (χ1n) is 9.30. The van der Waals surface area contributed by atoms with Crippen LogP contribution in [-0.4, -0.2) is 34.1 Å². The summed E-state index contributed by atoms with van der Waals surface area (Å²) >= 11 is 7.35. The Bertz CT molecular complexity index is 942. The average Bonchev–Trinajstić information content (AvgIpc) is 3.22. The van der Waals surface area contributed by atoms with Gasteiger partial charge in [-0.1, -0.05) is 48.0 Å². The van der Waals surface area contributed by atoms with Gasteiger partial charge in [0.05, 0.1) is 0 Å². The third-order valence-electron chi connectivity index (χ3n) is 4.69. The van der Waals surface area contributed by atoms with E-state index in [0.717, 1.165) is 37.1 Å². The Hall–Kier alpha value is -2.31. The van der Waals surface area contributed by atoms with E-state index < -0.39 is 5.25 Å². The van der Waals surface area contributed by atoms with Crippen LogP contribution in [-0.2, 0) is 4.79 Å². The van der Waals surface area contributed by atoms with Gasteiger partial charge in [0.1, 0.15) is 5.25 Å². The van der Waals surface area contributed by atoms with Gasteiger partial charge in [-0.25, -0.2) is 0 Å². The van der Waals surface area contributed by atoms with Crippen LogP contribution < -0.4 is 0 Å². The zero-order valence-corrected chi connectivity index (χ0v) is 16.8. The van der Waals surface area contributed by atoms with Crippen molar-refractivity contribution < 1.29 is 9.21 Å². The van der Waals surface area contributed by atoms with E-state index in [9.17, 15) is 4.79 Å². The molecule has 2 heterocycles. The van der Waals surface area contributed by atoms with Gasteiger partial charge in [-0.05, 0) is 54.8 Å². The van der Waals surface area contributed by atoms with Gasteiger partial charge in [0, 0.05) is 23.7 Å². The van der Waals surface area contributed by atoms with E-state index in [2.05, 4.69) is 10.2 Å². The van der Waals surface area contributed by atoms with E-state index in [0.29, 0.717) is 16.1 Å². The molecule has 1 amide bonds. The smallest absolute Gasteiger partial charge is 0.277 e. The van der Waals surface area contributed by atoms with Crippen molar-refractivity contribution in [2.24, 2.45) is 0 Å². The number of rotatable bonds is 5. The molecule has 4 rings (SSSR count). The highest BCUT2D eigenvalue weighted by atomic mass is 35.5. The van der Waals surface area contributed by atoms with E-state index in [4.69, 9.17) is 16.0 Å². The van der Waals surface area contributed by atoms with Gasteiger partial charge >= 0.3 is 0 Å². The lowest BCUT2D eigenvalue weighted by atomic mass is 10.1. The monoisotopic (exact) mass is 413 g/mol. The number of aromatic nitrogens is 2. The van der Waals surface area contributed by atoms with Crippen LogP contribution in [0, 0.1) is 0 Å². The molecule has 5 nitrogen and oxygen atoms in total. The van der Waals surface area contributed by atoms with Crippen LogP contribution in [0.25, 0.3) is 11.5 Å². The number of carbonyl (C=O) groups is 1. The van der Waals surface area contributed by atoms with E-state index in [1.165, 1.54) is 18.2 Å². The minimum absolute atomic E-state index is 0.0957. The highest BCUT2D eigenvalue weighted by Gasteiger charge is 2.29. The van der Waals surface area contributed by atoms with Crippen molar-refractivity contribution in [3.8, 4) is 11.5 Å². The predicted molar refractivity (Wildman–Crippen MR) is 110 cm³/mol. The molecule has 1 aliphatic heterocycles. The van der Waals surface area contributed by atoms with E-state index in [-0.39, 0.29) is 5.91 Å². The molecule has 1 atom stereocenters. The van der Waals surface area contributed by atoms with Gasteiger partial charge in [0.2, 0.25) is 11.8 Å². The van der Waals surface area contributed by atoms with Crippen LogP contribution in [0.2, 0.25) is 5.02 Å². The third-order valence-corrected chi connectivity index (χ3v) is 6.00. The summed E-state index contributed by atoms with van der Waals surface area (Å²) < 4.78 is 5.83. The number of amides is 1. The first-order valence-corrected chi connectivity index (χ1v) is 10.6. The minimum Gasteiger partial charge on any atom is -0.411 e. The Morgan fingerprint density at radius 2 is 1.82 bits per heavy atom. The summed E-state index contributed by atoms with van der Waals surface area (Å²) in [4.78, 5) is 15.2. The topological polar surface area (TPSA) is 59.2 Å². The Balaban J connectivity index is 1.58. The van der Waals surface area contributed by atoms with Crippen molar-refractivity contribution in [2.75, 3.05) is 13.1 Å². The molecular formula is C21H20ClN3O2S. The molecular weight excluding hydrogens is 394 g/mol. The molecule has 0 N–H and O–H groups in total. The number of benzene rings is 2. The summed E-state index contributed by atoms with van der Waals surface area (Å²) in [5.41, 5.74) is 1.69. The molecule has 3 aromatic rings. The number of likely N-dealkylation sites (tertiary alicyclic amines) is 1. The number of nitrogens with zero attached hydrogens (tertiary/aromatic N) is 3. The third kappa shape index (κ3) is 4.39. The first kappa shape index (κ1) is 19.0. The van der Waals surface area contributed by atoms with Crippen molar-refractivity contribution in [1.82, 2.24) is 15.1 Å². The summed E-state index contributed by atoms with van der Waals surface area (Å²) in [5, 5.41) is 8.84. The lowest BCUT2D eigenvalue weighted by molar-refractivity contribution is -0.131. The largest absolute Gasteiger partial charge is 0.411 e. The van der Waals surface area contributed by atoms with E-state index in [1.54, 1.807) is 12.1 Å². The summed E-state index contributed by atoms with van der Waals surface area (Å²) in [6.07, 6.45) is 3.29. The summed E-state index contributed by atoms with van der Waals surface area (Å²) in [5.74, 6) is 0.487. The van der Waals surface area contributed by atoms with Crippen molar-refractivity contribution >= 4 is 29.3 Å². The van der Waals surface area contributed by atoms with Gasteiger partial charge in [-0.3, -0.25) is 4.79 Å². The normalized spacial score (nSPS) is 15.4. The first-order chi connectivity index (χ1) is 13.7. The predicted octanol–water partition coefficient (Wildman–Crippen LogP) is 5.24. The second-order valence-corrected chi connectivity index (χ2v) is 8.17. The maximum Gasteiger partial charge on any atom is 0.277 e. The van der Waals surface area contributed by atoms with E-state index >= 15 is 0 Å². The maximum absolute atomic E-state index is 13.2. The number of halogens is 1. The molecule has 144 valence electrons. The van der Waals surface area contributed by atoms with Gasteiger partial charge in [-0.2, -0.15) is 0 Å². The van der Waals surface area contributed by atoms with Crippen LogP contribution >= 0.6 is 23.4 Å². The molecule has 1 fully saturated rings. The fraction of sp³-hybridized carbons (Fsp3) is 0.286. The lowest BCUT2D eigenvalue weighted by Crippen LogP contribution is -2.38. The van der Waals surface area contributed by atoms with Crippen molar-refractivity contribution in [2.45, 2.75) is 29.7 Å². The Morgan fingerprint density at radius 1 is 1.04 bits per heavy atom. The Kier molecular flexibility index (Phi) is 5.98. The van der Waals surface area contributed by atoms with Crippen molar-refractivity contribution in [3.05, 3.63) is 65.2 Å². The molecule has 0 unspecified atom stereocenters. The number of hydrogen-bond acceptors (Lipinski definition) is 5. The zero-order chi connectivity index (χ0) is 19.3. The molecule has 1 aromatic heterocycles. The van der Waals surface area contributed by atoms with Gasteiger partial charge in [0.25, 0.3) is 5.22 Å². The summed E-state index contributed by atoms with van der Waals surface area (Å²) in [6, 6.07) is 17.0. The fourth-order valence-electron chi connectivity index (χ4n) is 3.27. The Labute approximate surface area is 173 Å². The second-order valence-electron chi connectivity index (χ2n) is 6.68. The molecule has 0 radical (unpaired) electrons. The summed E-state index contributed by atoms with van der Waals surface area (Å²) in [6.45, 7) is 1.61. The molecule has 1 saturated heterocycles. The van der Waals surface area contributed by atoms with Gasteiger partial charge in [0.15, 0.2) is 0 Å². The fourth-order valence-corrected chi connectivity index (χ4v) is 4.42. The minimum atomic E-state index is -0.410. The van der Waals surface area contributed by atoms with Crippen molar-refractivity contribution in [1.29, 1.82) is 0 Å². The zero-order valence-electron chi connectivity index (χ0n) is 15.3. The number of thioether (sulfide) groups is 1. The van der Waals surface area contributed by atoms with Crippen LogP contribution in [0.5, 0.6) is 0 Å². The molecule has 0 spiro atoms. The Morgan fingerprint density at radius 3 is 2.57 bits per heavy atom. The second kappa shape index (κ2) is 8.80. The van der Waals surface area contributed by atoms with Gasteiger partial charge in [-0.15, -0.1) is 10.2 Å². The van der Waals surface area contributed by atoms with Crippen LogP contribution in [0.3, 0.4) is 0 Å². The maximum atomic E-state index is 13.2. The highest BCUT2D eigenvalue weighted by molar-refractivity contribution is 8.00. The van der Waals surface area contributed by atoms with Gasteiger partial charge < -0.3 is 9.32 Å².